The quantitative estimate of drug-likeness (QED) is 0.384. The fraction of sp³-hybridized carbons (Fsp3) is 0.240. The molecule has 5 rings (SSSR count). The molecule has 166 valence electrons. The van der Waals surface area contributed by atoms with Gasteiger partial charge in [0.1, 0.15) is 17.5 Å². The lowest BCUT2D eigenvalue weighted by molar-refractivity contribution is 0.0992. The molecule has 2 atom stereocenters. The molecule has 0 aliphatic carbocycles. The van der Waals surface area contributed by atoms with Crippen molar-refractivity contribution in [3.8, 4) is 17.2 Å². The van der Waals surface area contributed by atoms with Gasteiger partial charge in [0.05, 0.1) is 17.7 Å². The molecule has 4 heterocycles. The van der Waals surface area contributed by atoms with Crippen molar-refractivity contribution in [2.75, 3.05) is 18.4 Å². The average molecular weight is 457 g/mol. The Morgan fingerprint density at radius 3 is 2.73 bits per heavy atom. The van der Waals surface area contributed by atoms with E-state index in [1.807, 2.05) is 12.4 Å². The topological polar surface area (TPSA) is 101 Å². The molecule has 3 aromatic heterocycles. The fourth-order valence-electron chi connectivity index (χ4n) is 4.17. The Labute approximate surface area is 196 Å². The van der Waals surface area contributed by atoms with Crippen LogP contribution in [0.2, 0.25) is 0 Å². The normalized spacial score (nSPS) is 18.8. The molecule has 0 saturated carbocycles. The van der Waals surface area contributed by atoms with Crippen molar-refractivity contribution < 1.29 is 5.11 Å². The number of hydrogen-bond donors (Lipinski definition) is 3. The lowest BCUT2D eigenvalue weighted by atomic mass is 10.0. The monoisotopic (exact) mass is 456 g/mol. The molecule has 7 nitrogen and oxygen atoms in total. The number of aliphatic hydroxyl groups is 1. The number of nitriles is 1. The van der Waals surface area contributed by atoms with Crippen LogP contribution in [0.25, 0.3) is 22.2 Å². The van der Waals surface area contributed by atoms with Crippen LogP contribution in [-0.2, 0) is 0 Å². The van der Waals surface area contributed by atoms with E-state index in [4.69, 9.17) is 5.26 Å². The number of pyridine rings is 2. The third-order valence-electron chi connectivity index (χ3n) is 6.03. The summed E-state index contributed by atoms with van der Waals surface area (Å²) >= 11 is 1.67. The van der Waals surface area contributed by atoms with E-state index in [-0.39, 0.29) is 6.04 Å². The highest BCUT2D eigenvalue weighted by molar-refractivity contribution is 7.97. The van der Waals surface area contributed by atoms with Crippen LogP contribution >= 0.6 is 11.9 Å². The highest BCUT2D eigenvalue weighted by atomic mass is 32.2. The molecule has 0 spiro atoms. The highest BCUT2D eigenvalue weighted by Gasteiger charge is 2.28. The van der Waals surface area contributed by atoms with Gasteiger partial charge in [0, 0.05) is 47.5 Å². The first kappa shape index (κ1) is 21.5. The van der Waals surface area contributed by atoms with E-state index in [1.54, 1.807) is 24.1 Å². The van der Waals surface area contributed by atoms with Crippen LogP contribution in [0.5, 0.6) is 0 Å². The molecule has 1 fully saturated rings. The van der Waals surface area contributed by atoms with Crippen LogP contribution in [0.4, 0.5) is 5.82 Å². The second kappa shape index (κ2) is 9.24. The molecule has 0 radical (unpaired) electrons. The van der Waals surface area contributed by atoms with Gasteiger partial charge < -0.3 is 15.4 Å². The third kappa shape index (κ3) is 4.57. The number of piperidine rings is 1. The minimum Gasteiger partial charge on any atom is -0.390 e. The summed E-state index contributed by atoms with van der Waals surface area (Å²) in [6.45, 7) is 3.54. The van der Waals surface area contributed by atoms with Crippen LogP contribution in [0.15, 0.2) is 66.0 Å². The average Bonchev–Trinajstić information content (AvgIpc) is 3.32. The summed E-state index contributed by atoms with van der Waals surface area (Å²) in [4.78, 5) is 13.1. The summed E-state index contributed by atoms with van der Waals surface area (Å²) in [6.07, 6.45) is 5.67. The van der Waals surface area contributed by atoms with Crippen LogP contribution in [0.1, 0.15) is 17.5 Å². The van der Waals surface area contributed by atoms with Gasteiger partial charge in [-0.1, -0.05) is 12.1 Å². The number of fused-ring (bicyclic) bond motifs is 1. The number of nitrogens with one attached hydrogen (secondary N) is 2. The molecule has 2 unspecified atom stereocenters. The zero-order valence-corrected chi connectivity index (χ0v) is 19.0. The molecule has 0 bridgehead atoms. The van der Waals surface area contributed by atoms with E-state index in [1.165, 1.54) is 11.8 Å². The van der Waals surface area contributed by atoms with Gasteiger partial charge in [-0.25, -0.2) is 14.3 Å². The fourth-order valence-corrected chi connectivity index (χ4v) is 5.15. The predicted octanol–water partition coefficient (Wildman–Crippen LogP) is 4.36. The van der Waals surface area contributed by atoms with Crippen molar-refractivity contribution in [3.63, 3.8) is 0 Å². The molecule has 3 N–H and O–H groups in total. The minimum absolute atomic E-state index is 0.0662. The molecule has 4 aromatic rings. The van der Waals surface area contributed by atoms with Crippen molar-refractivity contribution in [3.05, 3.63) is 72.2 Å². The maximum absolute atomic E-state index is 10.7. The van der Waals surface area contributed by atoms with Gasteiger partial charge in [-0.2, -0.15) is 5.26 Å². The number of nitrogens with zero attached hydrogens (tertiary/aromatic N) is 4. The Hall–Kier alpha value is -3.38. The second-order valence-corrected chi connectivity index (χ2v) is 9.36. The largest absolute Gasteiger partial charge is 0.390 e. The Kier molecular flexibility index (Phi) is 6.01. The van der Waals surface area contributed by atoms with E-state index in [0.29, 0.717) is 17.9 Å². The molecular weight excluding hydrogens is 432 g/mol. The SMILES string of the molecule is Cc1c(-c2ccc(SN3CCC(Nc4ccc(C#N)cn4)C(O)C3)cc2)cnc2[nH]ccc12. The maximum Gasteiger partial charge on any atom is 0.137 e. The molecule has 1 aromatic carbocycles. The Morgan fingerprint density at radius 1 is 1.15 bits per heavy atom. The van der Waals surface area contributed by atoms with Crippen LogP contribution in [0.3, 0.4) is 0 Å². The van der Waals surface area contributed by atoms with Crippen molar-refractivity contribution in [1.29, 1.82) is 5.26 Å². The van der Waals surface area contributed by atoms with Crippen molar-refractivity contribution >= 4 is 28.8 Å². The minimum atomic E-state index is -0.509. The Morgan fingerprint density at radius 2 is 2.00 bits per heavy atom. The van der Waals surface area contributed by atoms with Gasteiger partial charge in [-0.05, 0) is 66.8 Å². The molecule has 1 saturated heterocycles. The zero-order valence-electron chi connectivity index (χ0n) is 18.2. The van der Waals surface area contributed by atoms with Gasteiger partial charge in [0.25, 0.3) is 0 Å². The van der Waals surface area contributed by atoms with Gasteiger partial charge >= 0.3 is 0 Å². The first-order chi connectivity index (χ1) is 16.1. The second-order valence-electron chi connectivity index (χ2n) is 8.19. The molecule has 8 heteroatoms. The molecule has 1 aliphatic rings. The van der Waals surface area contributed by atoms with Crippen molar-refractivity contribution in [1.82, 2.24) is 19.3 Å². The standard InChI is InChI=1S/C25H24N6OS/c1-16-20-8-10-27-25(20)29-14-21(16)18-3-5-19(6-4-18)33-31-11-9-22(23(32)15-31)30-24-7-2-17(12-26)13-28-24/h2-8,10,13-14,22-23,32H,9,11,15H2,1H3,(H,27,29)(H,28,30). The van der Waals surface area contributed by atoms with Crippen LogP contribution in [0, 0.1) is 18.3 Å². The van der Waals surface area contributed by atoms with Crippen LogP contribution in [-0.4, -0.2) is 49.6 Å². The predicted molar refractivity (Wildman–Crippen MR) is 131 cm³/mol. The van der Waals surface area contributed by atoms with Crippen molar-refractivity contribution in [2.45, 2.75) is 30.4 Å². The van der Waals surface area contributed by atoms with Gasteiger partial charge in [0.15, 0.2) is 0 Å². The smallest absolute Gasteiger partial charge is 0.137 e. The molecule has 33 heavy (non-hydrogen) atoms. The van der Waals surface area contributed by atoms with Gasteiger partial charge in [-0.15, -0.1) is 0 Å². The summed E-state index contributed by atoms with van der Waals surface area (Å²) in [7, 11) is 0. The first-order valence-electron chi connectivity index (χ1n) is 10.9. The number of hydrogen-bond acceptors (Lipinski definition) is 7. The van der Waals surface area contributed by atoms with E-state index in [2.05, 4.69) is 67.9 Å². The van der Waals surface area contributed by atoms with E-state index in [0.717, 1.165) is 40.0 Å². The number of rotatable bonds is 5. The number of anilines is 1. The summed E-state index contributed by atoms with van der Waals surface area (Å²) in [5.41, 5.74) is 4.93. The zero-order chi connectivity index (χ0) is 22.8. The Balaban J connectivity index is 1.20. The van der Waals surface area contributed by atoms with Crippen LogP contribution < -0.4 is 5.32 Å². The lowest BCUT2D eigenvalue weighted by Gasteiger charge is -2.35. The summed E-state index contributed by atoms with van der Waals surface area (Å²) in [5.74, 6) is 0.678. The summed E-state index contributed by atoms with van der Waals surface area (Å²) in [6, 6.07) is 16.1. The van der Waals surface area contributed by atoms with Gasteiger partial charge in [0.2, 0.25) is 0 Å². The van der Waals surface area contributed by atoms with Crippen molar-refractivity contribution in [2.24, 2.45) is 0 Å². The van der Waals surface area contributed by atoms with Gasteiger partial charge in [-0.3, -0.25) is 0 Å². The number of aryl methyl sites for hydroxylation is 1. The summed E-state index contributed by atoms with van der Waals surface area (Å²) < 4.78 is 2.20. The number of aromatic nitrogens is 3. The molecular formula is C25H24N6OS. The number of H-pyrrole nitrogens is 1. The highest BCUT2D eigenvalue weighted by Crippen LogP contribution is 2.32. The number of aromatic amines is 1. The maximum atomic E-state index is 10.7. The van der Waals surface area contributed by atoms with E-state index < -0.39 is 6.10 Å². The number of aliphatic hydroxyl groups excluding tert-OH is 1. The Bertz CT molecular complexity index is 1300. The summed E-state index contributed by atoms with van der Waals surface area (Å²) in [5, 5.41) is 24.0. The first-order valence-corrected chi connectivity index (χ1v) is 11.6. The van der Waals surface area contributed by atoms with E-state index in [9.17, 15) is 5.11 Å². The van der Waals surface area contributed by atoms with E-state index >= 15 is 0 Å². The molecule has 1 aliphatic heterocycles. The lowest BCUT2D eigenvalue weighted by Crippen LogP contribution is -2.47. The molecule has 0 amide bonds. The number of β-amino-alcohol motifs (C(OH)–C–C–N with tert-alkyl or cyclic N) is 1. The number of benzene rings is 1. The third-order valence-corrected chi connectivity index (χ3v) is 7.10.